The second kappa shape index (κ2) is 2.47. The third-order valence-corrected chi connectivity index (χ3v) is 1.05. The lowest BCUT2D eigenvalue weighted by Gasteiger charge is -1.88. The van der Waals surface area contributed by atoms with Crippen LogP contribution in [0.2, 0.25) is 0 Å². The normalized spacial score (nSPS) is 15.0. The number of rotatable bonds is 1. The minimum Gasteiger partial charge on any atom is -0.477 e. The summed E-state index contributed by atoms with van der Waals surface area (Å²) < 4.78 is 21.9. The summed E-state index contributed by atoms with van der Waals surface area (Å²) in [5, 5.41) is 8.58. The molecular formula is C7H8NO2+. The Morgan fingerprint density at radius 1 is 1.90 bits per heavy atom. The number of aromatic nitrogens is 1. The second-order valence-corrected chi connectivity index (χ2v) is 1.81. The summed E-state index contributed by atoms with van der Waals surface area (Å²) in [7, 11) is 0. The van der Waals surface area contributed by atoms with Crippen LogP contribution < -0.4 is 4.57 Å². The van der Waals surface area contributed by atoms with Crippen LogP contribution in [0.1, 0.15) is 14.5 Å². The molecule has 10 heavy (non-hydrogen) atoms. The summed E-state index contributed by atoms with van der Waals surface area (Å²) in [5.74, 6) is -1.14. The Kier molecular flexibility index (Phi) is 0.917. The fourth-order valence-corrected chi connectivity index (χ4v) is 0.602. The van der Waals surface area contributed by atoms with Crippen LogP contribution in [-0.2, 0) is 6.98 Å². The molecule has 0 unspecified atom stereocenters. The van der Waals surface area contributed by atoms with Crippen LogP contribution in [0.15, 0.2) is 24.5 Å². The summed E-state index contributed by atoms with van der Waals surface area (Å²) >= 11 is 0. The van der Waals surface area contributed by atoms with Crippen LogP contribution in [0.3, 0.4) is 0 Å². The van der Waals surface area contributed by atoms with Gasteiger partial charge in [-0.2, -0.15) is 0 Å². The van der Waals surface area contributed by atoms with E-state index in [0.717, 1.165) is 10.8 Å². The van der Waals surface area contributed by atoms with Crippen LogP contribution >= 0.6 is 0 Å². The first kappa shape index (κ1) is 3.71. The van der Waals surface area contributed by atoms with Gasteiger partial charge in [0, 0.05) is 6.07 Å². The quantitative estimate of drug-likeness (QED) is 0.568. The number of hydrogen-bond acceptors (Lipinski definition) is 1. The predicted octanol–water partition coefficient (Wildman–Crippen LogP) is 0.209. The van der Waals surface area contributed by atoms with Crippen molar-refractivity contribution in [1.29, 1.82) is 0 Å². The fraction of sp³-hybridized carbons (Fsp3) is 0.143. The molecule has 0 radical (unpaired) electrons. The van der Waals surface area contributed by atoms with Crippen LogP contribution in [0.4, 0.5) is 0 Å². The average molecular weight is 141 g/mol. The van der Waals surface area contributed by atoms with E-state index >= 15 is 0 Å². The van der Waals surface area contributed by atoms with Gasteiger partial charge in [0.05, 0.1) is 0 Å². The van der Waals surface area contributed by atoms with Crippen molar-refractivity contribution in [3.8, 4) is 0 Å². The highest BCUT2D eigenvalue weighted by atomic mass is 16.4. The van der Waals surface area contributed by atoms with E-state index < -0.39 is 12.9 Å². The van der Waals surface area contributed by atoms with Gasteiger partial charge in [0.15, 0.2) is 12.4 Å². The summed E-state index contributed by atoms with van der Waals surface area (Å²) in [6.07, 6.45) is 2.38. The van der Waals surface area contributed by atoms with E-state index in [-0.39, 0.29) is 5.56 Å². The van der Waals surface area contributed by atoms with Gasteiger partial charge in [-0.25, -0.2) is 9.36 Å². The third-order valence-electron chi connectivity index (χ3n) is 1.05. The summed E-state index contributed by atoms with van der Waals surface area (Å²) in [4.78, 5) is 10.5. The zero-order valence-corrected chi connectivity index (χ0v) is 5.11. The summed E-state index contributed by atoms with van der Waals surface area (Å²) in [5.41, 5.74) is -0.0429. The smallest absolute Gasteiger partial charge is 0.341 e. The second-order valence-electron chi connectivity index (χ2n) is 1.81. The van der Waals surface area contributed by atoms with Crippen molar-refractivity contribution in [2.24, 2.45) is 6.98 Å². The highest BCUT2D eigenvalue weighted by Gasteiger charge is 2.04. The van der Waals surface area contributed by atoms with E-state index in [4.69, 9.17) is 9.22 Å². The van der Waals surface area contributed by atoms with Crippen LogP contribution in [0.25, 0.3) is 0 Å². The number of carbonyl (C=O) groups is 1. The Hall–Kier alpha value is -1.38. The molecule has 52 valence electrons. The van der Waals surface area contributed by atoms with E-state index in [1.165, 1.54) is 18.3 Å². The molecule has 0 aliphatic rings. The van der Waals surface area contributed by atoms with Crippen molar-refractivity contribution in [1.82, 2.24) is 0 Å². The summed E-state index contributed by atoms with van der Waals surface area (Å²) in [6, 6.07) is 2.72. The monoisotopic (exact) mass is 141 g/mol. The molecule has 1 aromatic heterocycles. The van der Waals surface area contributed by atoms with Gasteiger partial charge < -0.3 is 5.11 Å². The highest BCUT2D eigenvalue weighted by molar-refractivity contribution is 5.86. The van der Waals surface area contributed by atoms with E-state index in [1.807, 2.05) is 0 Å². The highest BCUT2D eigenvalue weighted by Crippen LogP contribution is 1.91. The lowest BCUT2D eigenvalue weighted by atomic mass is 10.3. The van der Waals surface area contributed by atoms with E-state index in [0.29, 0.717) is 0 Å². The van der Waals surface area contributed by atoms with Gasteiger partial charge in [-0.3, -0.25) is 0 Å². The van der Waals surface area contributed by atoms with Crippen molar-refractivity contribution in [2.45, 2.75) is 0 Å². The molecule has 0 spiro atoms. The van der Waals surface area contributed by atoms with Crippen LogP contribution in [0, 0.1) is 0 Å². The maximum Gasteiger partial charge on any atom is 0.341 e. The minimum absolute atomic E-state index is 0.0429. The third kappa shape index (κ3) is 1.31. The average Bonchev–Trinajstić information content (AvgIpc) is 2.03. The Bertz CT molecular complexity index is 335. The predicted molar refractivity (Wildman–Crippen MR) is 34.6 cm³/mol. The van der Waals surface area contributed by atoms with Crippen molar-refractivity contribution in [2.75, 3.05) is 0 Å². The standard InChI is InChI=1S/C7H7NO2/c1-8-4-2-3-6(5-8)7(9)10/h2-5H,1H3/p+1/i1D3. The number of nitrogens with zero attached hydrogens (tertiary/aromatic N) is 1. The van der Waals surface area contributed by atoms with Crippen molar-refractivity contribution in [3.05, 3.63) is 30.1 Å². The molecule has 0 amide bonds. The van der Waals surface area contributed by atoms with E-state index in [2.05, 4.69) is 0 Å². The maximum absolute atomic E-state index is 10.5. The van der Waals surface area contributed by atoms with E-state index in [9.17, 15) is 4.79 Å². The number of carboxylic acid groups (broad SMARTS) is 1. The molecule has 0 fully saturated rings. The Labute approximate surface area is 62.8 Å². The zero-order chi connectivity index (χ0) is 10.1. The van der Waals surface area contributed by atoms with Gasteiger partial charge in [-0.05, 0) is 6.07 Å². The fourth-order valence-electron chi connectivity index (χ4n) is 0.602. The molecule has 1 heterocycles. The Balaban J connectivity index is 3.13. The van der Waals surface area contributed by atoms with Crippen molar-refractivity contribution < 1.29 is 18.6 Å². The van der Waals surface area contributed by atoms with Crippen LogP contribution in [-0.4, -0.2) is 11.1 Å². The van der Waals surface area contributed by atoms with Crippen molar-refractivity contribution >= 4 is 5.97 Å². The molecule has 1 N–H and O–H groups in total. The first-order chi connectivity index (χ1) is 5.91. The van der Waals surface area contributed by atoms with Crippen molar-refractivity contribution in [3.63, 3.8) is 0 Å². The molecule has 0 atom stereocenters. The Morgan fingerprint density at radius 3 is 3.30 bits per heavy atom. The van der Waals surface area contributed by atoms with Gasteiger partial charge in [0.1, 0.15) is 16.7 Å². The van der Waals surface area contributed by atoms with Crippen LogP contribution in [0.5, 0.6) is 0 Å². The molecule has 0 saturated heterocycles. The molecule has 0 aliphatic carbocycles. The number of hydrogen-bond donors (Lipinski definition) is 1. The molecule has 0 bridgehead atoms. The maximum atomic E-state index is 10.5. The van der Waals surface area contributed by atoms with Gasteiger partial charge in [0.2, 0.25) is 0 Å². The molecule has 1 aromatic rings. The molecule has 3 heteroatoms. The molecule has 0 aliphatic heterocycles. The topological polar surface area (TPSA) is 41.2 Å². The largest absolute Gasteiger partial charge is 0.477 e. The number of pyridine rings is 1. The van der Waals surface area contributed by atoms with Gasteiger partial charge in [-0.1, -0.05) is 0 Å². The summed E-state index contributed by atoms with van der Waals surface area (Å²) in [6.45, 7) is -2.33. The Morgan fingerprint density at radius 2 is 2.70 bits per heavy atom. The minimum atomic E-state index is -2.33. The number of aromatic carboxylic acids is 1. The lowest BCUT2D eigenvalue weighted by Crippen LogP contribution is -2.27. The van der Waals surface area contributed by atoms with Gasteiger partial charge in [-0.15, -0.1) is 0 Å². The van der Waals surface area contributed by atoms with Gasteiger partial charge in [0.25, 0.3) is 0 Å². The zero-order valence-electron chi connectivity index (χ0n) is 8.11. The molecular weight excluding hydrogens is 130 g/mol. The molecule has 3 nitrogen and oxygen atoms in total. The first-order valence-corrected chi connectivity index (χ1v) is 2.66. The molecule has 0 aromatic carbocycles. The number of carboxylic acids is 1. The van der Waals surface area contributed by atoms with Gasteiger partial charge >= 0.3 is 5.97 Å². The lowest BCUT2D eigenvalue weighted by molar-refractivity contribution is -0.671. The SMILES string of the molecule is [2H]C([2H])([2H])[n+]1cccc(C(=O)O)c1. The number of aryl methyl sites for hydroxylation is 1. The molecule has 0 saturated carbocycles. The molecule has 1 rings (SSSR count). The first-order valence-electron chi connectivity index (χ1n) is 4.16. The van der Waals surface area contributed by atoms with E-state index in [1.54, 1.807) is 0 Å².